The van der Waals surface area contributed by atoms with Crippen molar-refractivity contribution in [3.05, 3.63) is 0 Å². The molecule has 1 rings (SSSR count). The number of amides is 1. The van der Waals surface area contributed by atoms with E-state index in [1.54, 1.807) is 18.7 Å². The largest absolute Gasteiger partial charge is 0.388 e. The van der Waals surface area contributed by atoms with Gasteiger partial charge in [-0.25, -0.2) is 0 Å². The molecule has 0 aromatic carbocycles. The third-order valence-corrected chi connectivity index (χ3v) is 3.88. The first-order chi connectivity index (χ1) is 8.03. The monoisotopic (exact) mass is 260 g/mol. The average Bonchev–Trinajstić information content (AvgIpc) is 2.69. The topological polar surface area (TPSA) is 61.4 Å². The van der Waals surface area contributed by atoms with Crippen molar-refractivity contribution in [3.63, 3.8) is 0 Å². The van der Waals surface area contributed by atoms with Crippen molar-refractivity contribution in [1.29, 1.82) is 0 Å². The molecule has 4 nitrogen and oxygen atoms in total. The zero-order chi connectivity index (χ0) is 12.7. The Labute approximate surface area is 108 Å². The summed E-state index contributed by atoms with van der Waals surface area (Å²) in [6, 6.07) is 0.371. The Morgan fingerprint density at radius 2 is 2.12 bits per heavy atom. The van der Waals surface area contributed by atoms with Crippen LogP contribution in [0.5, 0.6) is 0 Å². The van der Waals surface area contributed by atoms with Gasteiger partial charge in [0.05, 0.1) is 12.1 Å². The van der Waals surface area contributed by atoms with Gasteiger partial charge in [0.25, 0.3) is 0 Å². The van der Waals surface area contributed by atoms with Gasteiger partial charge in [-0.15, -0.1) is 0 Å². The van der Waals surface area contributed by atoms with Crippen molar-refractivity contribution < 1.29 is 9.90 Å². The lowest BCUT2D eigenvalue weighted by molar-refractivity contribution is -0.121. The highest BCUT2D eigenvalue weighted by Gasteiger charge is 2.20. The van der Waals surface area contributed by atoms with Crippen molar-refractivity contribution in [2.45, 2.75) is 44.2 Å². The van der Waals surface area contributed by atoms with Crippen LogP contribution in [0.15, 0.2) is 0 Å². The molecule has 0 heterocycles. The summed E-state index contributed by atoms with van der Waals surface area (Å²) in [5.41, 5.74) is -0.743. The summed E-state index contributed by atoms with van der Waals surface area (Å²) in [7, 11) is 0. The highest BCUT2D eigenvalue weighted by Crippen LogP contribution is 2.17. The maximum Gasteiger partial charge on any atom is 0.234 e. The van der Waals surface area contributed by atoms with Crippen LogP contribution in [-0.4, -0.2) is 47.8 Å². The van der Waals surface area contributed by atoms with Crippen molar-refractivity contribution in [2.75, 3.05) is 25.1 Å². The van der Waals surface area contributed by atoms with Crippen molar-refractivity contribution in [2.24, 2.45) is 0 Å². The molecule has 17 heavy (non-hydrogen) atoms. The maximum absolute atomic E-state index is 11.6. The molecule has 0 radical (unpaired) electrons. The number of rotatable bonds is 7. The number of carbonyl (C=O) groups excluding carboxylic acids is 1. The quantitative estimate of drug-likeness (QED) is 0.632. The van der Waals surface area contributed by atoms with E-state index in [0.717, 1.165) is 12.8 Å². The fourth-order valence-corrected chi connectivity index (χ4v) is 2.88. The second-order valence-electron chi connectivity index (χ2n) is 5.08. The van der Waals surface area contributed by atoms with Crippen LogP contribution >= 0.6 is 11.8 Å². The molecule has 3 N–H and O–H groups in total. The van der Waals surface area contributed by atoms with Crippen molar-refractivity contribution in [1.82, 2.24) is 10.6 Å². The predicted molar refractivity (Wildman–Crippen MR) is 72.3 cm³/mol. The molecule has 1 aliphatic carbocycles. The van der Waals surface area contributed by atoms with Crippen LogP contribution < -0.4 is 10.6 Å². The zero-order valence-corrected chi connectivity index (χ0v) is 11.6. The van der Waals surface area contributed by atoms with E-state index in [4.69, 9.17) is 0 Å². The van der Waals surface area contributed by atoms with Crippen LogP contribution in [0, 0.1) is 0 Å². The fraction of sp³-hybridized carbons (Fsp3) is 0.917. The minimum atomic E-state index is -0.743. The Hall–Kier alpha value is -0.260. The number of aliphatic hydroxyl groups is 1. The summed E-state index contributed by atoms with van der Waals surface area (Å²) in [4.78, 5) is 11.6. The van der Waals surface area contributed by atoms with E-state index < -0.39 is 5.60 Å². The first-order valence-corrected chi connectivity index (χ1v) is 7.64. The highest BCUT2D eigenvalue weighted by molar-refractivity contribution is 7.98. The van der Waals surface area contributed by atoms with Gasteiger partial charge in [0, 0.05) is 18.3 Å². The standard InChI is InChI=1S/C12H24N2O2S/c1-12(16,9-17-2)8-13-7-11(15)14-10-5-3-4-6-10/h10,13,16H,3-9H2,1-2H3,(H,14,15). The zero-order valence-electron chi connectivity index (χ0n) is 10.8. The van der Waals surface area contributed by atoms with Gasteiger partial charge in [-0.2, -0.15) is 11.8 Å². The number of hydrogen-bond donors (Lipinski definition) is 3. The predicted octanol–water partition coefficient (Wildman–Crippen LogP) is 0.749. The molecule has 1 fully saturated rings. The Morgan fingerprint density at radius 3 is 2.71 bits per heavy atom. The van der Waals surface area contributed by atoms with E-state index in [-0.39, 0.29) is 5.91 Å². The Morgan fingerprint density at radius 1 is 1.47 bits per heavy atom. The molecule has 1 unspecified atom stereocenters. The minimum absolute atomic E-state index is 0.0388. The lowest BCUT2D eigenvalue weighted by atomic mass is 10.1. The van der Waals surface area contributed by atoms with E-state index in [2.05, 4.69) is 10.6 Å². The second kappa shape index (κ2) is 7.24. The van der Waals surface area contributed by atoms with Crippen LogP contribution in [0.3, 0.4) is 0 Å². The summed E-state index contributed by atoms with van der Waals surface area (Å²) >= 11 is 1.60. The summed E-state index contributed by atoms with van der Waals surface area (Å²) in [5, 5.41) is 15.9. The number of nitrogens with one attached hydrogen (secondary N) is 2. The van der Waals surface area contributed by atoms with Gasteiger partial charge in [-0.3, -0.25) is 4.79 Å². The van der Waals surface area contributed by atoms with E-state index in [1.807, 2.05) is 6.26 Å². The smallest absolute Gasteiger partial charge is 0.234 e. The third kappa shape index (κ3) is 6.29. The third-order valence-electron chi connectivity index (χ3n) is 2.97. The van der Waals surface area contributed by atoms with Crippen molar-refractivity contribution >= 4 is 17.7 Å². The second-order valence-corrected chi connectivity index (χ2v) is 5.95. The molecule has 0 aromatic rings. The van der Waals surface area contributed by atoms with Crippen molar-refractivity contribution in [3.8, 4) is 0 Å². The summed E-state index contributed by atoms with van der Waals surface area (Å²) in [5.74, 6) is 0.710. The van der Waals surface area contributed by atoms with Crippen LogP contribution in [-0.2, 0) is 4.79 Å². The molecule has 0 saturated heterocycles. The average molecular weight is 260 g/mol. The lowest BCUT2D eigenvalue weighted by Gasteiger charge is -2.22. The molecule has 0 bridgehead atoms. The SMILES string of the molecule is CSCC(C)(O)CNCC(=O)NC1CCCC1. The van der Waals surface area contributed by atoms with Gasteiger partial charge < -0.3 is 15.7 Å². The lowest BCUT2D eigenvalue weighted by Crippen LogP contribution is -2.45. The number of thioether (sulfide) groups is 1. The molecule has 5 heteroatoms. The minimum Gasteiger partial charge on any atom is -0.388 e. The molecule has 100 valence electrons. The molecular formula is C12H24N2O2S. The normalized spacial score (nSPS) is 20.2. The first-order valence-electron chi connectivity index (χ1n) is 6.25. The van der Waals surface area contributed by atoms with E-state index in [9.17, 15) is 9.90 Å². The Bertz CT molecular complexity index is 241. The number of hydrogen-bond acceptors (Lipinski definition) is 4. The van der Waals surface area contributed by atoms with Crippen LogP contribution in [0.25, 0.3) is 0 Å². The van der Waals surface area contributed by atoms with Gasteiger partial charge in [0.15, 0.2) is 0 Å². The highest BCUT2D eigenvalue weighted by atomic mass is 32.2. The molecule has 0 aliphatic heterocycles. The summed E-state index contributed by atoms with van der Waals surface area (Å²) in [6.07, 6.45) is 6.62. The van der Waals surface area contributed by atoms with E-state index >= 15 is 0 Å². The fourth-order valence-electron chi connectivity index (χ4n) is 2.16. The van der Waals surface area contributed by atoms with Gasteiger partial charge in [0.1, 0.15) is 0 Å². The molecular weight excluding hydrogens is 236 g/mol. The molecule has 1 aliphatic rings. The first kappa shape index (κ1) is 14.8. The van der Waals surface area contributed by atoms with Gasteiger partial charge in [0.2, 0.25) is 5.91 Å². The van der Waals surface area contributed by atoms with Gasteiger partial charge >= 0.3 is 0 Å². The molecule has 0 spiro atoms. The molecule has 1 atom stereocenters. The van der Waals surface area contributed by atoms with E-state index in [0.29, 0.717) is 24.9 Å². The molecule has 0 aromatic heterocycles. The Balaban J connectivity index is 2.10. The molecule has 1 amide bonds. The summed E-state index contributed by atoms with van der Waals surface area (Å²) < 4.78 is 0. The Kier molecular flexibility index (Phi) is 6.30. The maximum atomic E-state index is 11.6. The van der Waals surface area contributed by atoms with Crippen LogP contribution in [0.1, 0.15) is 32.6 Å². The van der Waals surface area contributed by atoms with E-state index in [1.165, 1.54) is 12.8 Å². The summed E-state index contributed by atoms with van der Waals surface area (Å²) in [6.45, 7) is 2.53. The number of carbonyl (C=O) groups is 1. The van der Waals surface area contributed by atoms with Gasteiger partial charge in [-0.1, -0.05) is 12.8 Å². The van der Waals surface area contributed by atoms with Gasteiger partial charge in [-0.05, 0) is 26.0 Å². The molecule has 1 saturated carbocycles. The van der Waals surface area contributed by atoms with Crippen LogP contribution in [0.2, 0.25) is 0 Å². The van der Waals surface area contributed by atoms with Crippen LogP contribution in [0.4, 0.5) is 0 Å².